The Kier molecular flexibility index (Phi) is 5.23. The summed E-state index contributed by atoms with van der Waals surface area (Å²) < 4.78 is 0. The standard InChI is InChI=1S/C18H24N6O/c1-13-6-4-8-15(21-13)22-18-17(19-9-10-20-18)14-7-5-11-24(14)12-16(25)23(2)3/h4,6,8-10,14H,5,7,11-12H2,1-3H3,(H,20,21,22)/t14-/m1/s1. The van der Waals surface area contributed by atoms with Crippen molar-refractivity contribution >= 4 is 17.5 Å². The van der Waals surface area contributed by atoms with Gasteiger partial charge >= 0.3 is 0 Å². The zero-order valence-corrected chi connectivity index (χ0v) is 14.9. The largest absolute Gasteiger partial charge is 0.348 e. The number of likely N-dealkylation sites (tertiary alicyclic amines) is 1. The Labute approximate surface area is 148 Å². The summed E-state index contributed by atoms with van der Waals surface area (Å²) >= 11 is 0. The van der Waals surface area contributed by atoms with Crippen LogP contribution in [0.4, 0.5) is 11.6 Å². The highest BCUT2D eigenvalue weighted by molar-refractivity contribution is 5.77. The van der Waals surface area contributed by atoms with Crippen molar-refractivity contribution < 1.29 is 4.79 Å². The highest BCUT2D eigenvalue weighted by Gasteiger charge is 2.31. The summed E-state index contributed by atoms with van der Waals surface area (Å²) in [6.07, 6.45) is 5.39. The van der Waals surface area contributed by atoms with Gasteiger partial charge in [-0.05, 0) is 38.4 Å². The van der Waals surface area contributed by atoms with Crippen LogP contribution in [0.3, 0.4) is 0 Å². The number of hydrogen-bond donors (Lipinski definition) is 1. The molecule has 0 radical (unpaired) electrons. The average Bonchev–Trinajstić information content (AvgIpc) is 3.03. The number of carbonyl (C=O) groups is 1. The molecular formula is C18H24N6O. The number of amides is 1. The number of nitrogens with zero attached hydrogens (tertiary/aromatic N) is 5. The minimum absolute atomic E-state index is 0.0879. The molecule has 0 aromatic carbocycles. The first-order valence-corrected chi connectivity index (χ1v) is 8.50. The Morgan fingerprint density at radius 1 is 1.32 bits per heavy atom. The normalized spacial score (nSPS) is 17.5. The Hall–Kier alpha value is -2.54. The monoisotopic (exact) mass is 340 g/mol. The molecule has 1 aliphatic heterocycles. The van der Waals surface area contributed by atoms with Crippen molar-refractivity contribution in [3.8, 4) is 0 Å². The minimum atomic E-state index is 0.0879. The fourth-order valence-corrected chi connectivity index (χ4v) is 3.06. The number of hydrogen-bond acceptors (Lipinski definition) is 6. The van der Waals surface area contributed by atoms with Gasteiger partial charge in [0.1, 0.15) is 11.5 Å². The van der Waals surface area contributed by atoms with Crippen LogP contribution < -0.4 is 5.32 Å². The van der Waals surface area contributed by atoms with E-state index in [0.29, 0.717) is 12.4 Å². The van der Waals surface area contributed by atoms with Gasteiger partial charge in [0.05, 0.1) is 12.6 Å². The summed E-state index contributed by atoms with van der Waals surface area (Å²) in [6.45, 7) is 3.24. The maximum absolute atomic E-state index is 12.1. The number of anilines is 2. The number of likely N-dealkylation sites (N-methyl/N-ethyl adjacent to an activating group) is 1. The third kappa shape index (κ3) is 4.11. The van der Waals surface area contributed by atoms with Gasteiger partial charge in [-0.1, -0.05) is 6.07 Å². The number of rotatable bonds is 5. The molecule has 2 aromatic rings. The first-order valence-electron chi connectivity index (χ1n) is 8.50. The molecule has 1 atom stereocenters. The highest BCUT2D eigenvalue weighted by Crippen LogP contribution is 2.34. The van der Waals surface area contributed by atoms with Crippen molar-refractivity contribution in [1.29, 1.82) is 0 Å². The maximum atomic E-state index is 12.1. The molecular weight excluding hydrogens is 316 g/mol. The topological polar surface area (TPSA) is 74.2 Å². The van der Waals surface area contributed by atoms with Gasteiger partial charge in [0.25, 0.3) is 0 Å². The van der Waals surface area contributed by atoms with Crippen LogP contribution in [0.15, 0.2) is 30.6 Å². The Balaban J connectivity index is 1.83. The molecule has 0 spiro atoms. The minimum Gasteiger partial charge on any atom is -0.348 e. The predicted octanol–water partition coefficient (Wildman–Crippen LogP) is 2.15. The summed E-state index contributed by atoms with van der Waals surface area (Å²) in [6, 6.07) is 5.91. The molecule has 3 rings (SSSR count). The van der Waals surface area contributed by atoms with Crippen LogP contribution in [0.25, 0.3) is 0 Å². The second-order valence-corrected chi connectivity index (χ2v) is 6.50. The van der Waals surface area contributed by atoms with Crippen LogP contribution in [0.2, 0.25) is 0 Å². The van der Waals surface area contributed by atoms with Crippen molar-refractivity contribution in [1.82, 2.24) is 24.8 Å². The van der Waals surface area contributed by atoms with Gasteiger partial charge in [-0.15, -0.1) is 0 Å². The van der Waals surface area contributed by atoms with E-state index in [2.05, 4.69) is 25.2 Å². The molecule has 1 saturated heterocycles. The lowest BCUT2D eigenvalue weighted by Crippen LogP contribution is -2.36. The molecule has 1 fully saturated rings. The number of carbonyl (C=O) groups excluding carboxylic acids is 1. The predicted molar refractivity (Wildman–Crippen MR) is 96.5 cm³/mol. The van der Waals surface area contributed by atoms with Crippen molar-refractivity contribution in [2.24, 2.45) is 0 Å². The molecule has 1 N–H and O–H groups in total. The van der Waals surface area contributed by atoms with Crippen LogP contribution in [-0.4, -0.2) is 57.8 Å². The van der Waals surface area contributed by atoms with E-state index in [1.807, 2.05) is 25.1 Å². The van der Waals surface area contributed by atoms with E-state index in [1.165, 1.54) is 0 Å². The van der Waals surface area contributed by atoms with Crippen molar-refractivity contribution in [3.05, 3.63) is 42.0 Å². The van der Waals surface area contributed by atoms with Gasteiger partial charge in [0.15, 0.2) is 5.82 Å². The van der Waals surface area contributed by atoms with E-state index in [9.17, 15) is 4.79 Å². The molecule has 1 aliphatic rings. The van der Waals surface area contributed by atoms with Crippen LogP contribution in [0.1, 0.15) is 30.3 Å². The summed E-state index contributed by atoms with van der Waals surface area (Å²) in [7, 11) is 3.57. The van der Waals surface area contributed by atoms with Crippen LogP contribution in [0.5, 0.6) is 0 Å². The average molecular weight is 340 g/mol. The number of nitrogens with one attached hydrogen (secondary N) is 1. The zero-order valence-electron chi connectivity index (χ0n) is 14.9. The van der Waals surface area contributed by atoms with E-state index >= 15 is 0 Å². The molecule has 7 heteroatoms. The van der Waals surface area contributed by atoms with Gasteiger partial charge in [-0.25, -0.2) is 9.97 Å². The second kappa shape index (κ2) is 7.57. The third-order valence-corrected chi connectivity index (χ3v) is 4.38. The fourth-order valence-electron chi connectivity index (χ4n) is 3.06. The SMILES string of the molecule is Cc1cccc(Nc2nccnc2[C@H]2CCCN2CC(=O)N(C)C)n1. The zero-order chi connectivity index (χ0) is 17.8. The molecule has 1 amide bonds. The van der Waals surface area contributed by atoms with Gasteiger partial charge in [-0.3, -0.25) is 14.7 Å². The molecule has 2 aromatic heterocycles. The molecule has 0 aliphatic carbocycles. The van der Waals surface area contributed by atoms with Crippen LogP contribution >= 0.6 is 0 Å². The first kappa shape index (κ1) is 17.3. The van der Waals surface area contributed by atoms with Crippen molar-refractivity contribution in [2.75, 3.05) is 32.5 Å². The Morgan fingerprint density at radius 2 is 2.12 bits per heavy atom. The summed E-state index contributed by atoms with van der Waals surface area (Å²) in [5.74, 6) is 1.55. The van der Waals surface area contributed by atoms with Crippen molar-refractivity contribution in [3.63, 3.8) is 0 Å². The highest BCUT2D eigenvalue weighted by atomic mass is 16.2. The van der Waals surface area contributed by atoms with Crippen LogP contribution in [-0.2, 0) is 4.79 Å². The van der Waals surface area contributed by atoms with Crippen molar-refractivity contribution in [2.45, 2.75) is 25.8 Å². The number of aromatic nitrogens is 3. The van der Waals surface area contributed by atoms with Gasteiger partial charge < -0.3 is 10.2 Å². The second-order valence-electron chi connectivity index (χ2n) is 6.50. The van der Waals surface area contributed by atoms with Gasteiger partial charge in [0.2, 0.25) is 5.91 Å². The molecule has 132 valence electrons. The lowest BCUT2D eigenvalue weighted by atomic mass is 10.1. The lowest BCUT2D eigenvalue weighted by molar-refractivity contribution is -0.130. The van der Waals surface area contributed by atoms with E-state index in [4.69, 9.17) is 0 Å². The summed E-state index contributed by atoms with van der Waals surface area (Å²) in [4.78, 5) is 29.4. The van der Waals surface area contributed by atoms with E-state index in [0.717, 1.165) is 36.6 Å². The maximum Gasteiger partial charge on any atom is 0.236 e. The van der Waals surface area contributed by atoms with E-state index < -0.39 is 0 Å². The summed E-state index contributed by atoms with van der Waals surface area (Å²) in [5.41, 5.74) is 1.81. The first-order chi connectivity index (χ1) is 12.0. The molecule has 0 saturated carbocycles. The third-order valence-electron chi connectivity index (χ3n) is 4.38. The molecule has 0 unspecified atom stereocenters. The van der Waals surface area contributed by atoms with E-state index in [1.54, 1.807) is 31.4 Å². The lowest BCUT2D eigenvalue weighted by Gasteiger charge is -2.25. The molecule has 25 heavy (non-hydrogen) atoms. The van der Waals surface area contributed by atoms with Crippen LogP contribution in [0, 0.1) is 6.92 Å². The van der Waals surface area contributed by atoms with E-state index in [-0.39, 0.29) is 11.9 Å². The smallest absolute Gasteiger partial charge is 0.236 e. The molecule has 3 heterocycles. The fraction of sp³-hybridized carbons (Fsp3) is 0.444. The van der Waals surface area contributed by atoms with Gasteiger partial charge in [0, 0.05) is 32.2 Å². The number of aryl methyl sites for hydroxylation is 1. The molecule has 0 bridgehead atoms. The Bertz CT molecular complexity index is 748. The summed E-state index contributed by atoms with van der Waals surface area (Å²) in [5, 5.41) is 3.28. The van der Waals surface area contributed by atoms with Gasteiger partial charge in [-0.2, -0.15) is 0 Å². The Morgan fingerprint density at radius 3 is 2.88 bits per heavy atom. The molecule has 7 nitrogen and oxygen atoms in total. The number of pyridine rings is 1. The quantitative estimate of drug-likeness (QED) is 0.899.